The number of nitrogens with one attached hydrogen (secondary N) is 1. The first-order valence-electron chi connectivity index (χ1n) is 9.30. The summed E-state index contributed by atoms with van der Waals surface area (Å²) in [4.78, 5) is 24.6. The van der Waals surface area contributed by atoms with Gasteiger partial charge >= 0.3 is 0 Å². The zero-order valence-corrected chi connectivity index (χ0v) is 16.7. The monoisotopic (exact) mass is 404 g/mol. The van der Waals surface area contributed by atoms with Crippen LogP contribution < -0.4 is 10.1 Å². The van der Waals surface area contributed by atoms with E-state index in [1.54, 1.807) is 24.4 Å². The van der Waals surface area contributed by atoms with Gasteiger partial charge in [0.1, 0.15) is 11.6 Å². The highest BCUT2D eigenvalue weighted by Crippen LogP contribution is 2.31. The van der Waals surface area contributed by atoms with Gasteiger partial charge < -0.3 is 10.1 Å². The van der Waals surface area contributed by atoms with Crippen molar-refractivity contribution in [1.29, 1.82) is 0 Å². The molecule has 8 nitrogen and oxygen atoms in total. The Balaban J connectivity index is 1.64. The average Bonchev–Trinajstić information content (AvgIpc) is 2.70. The Hall–Kier alpha value is -2.55. The highest BCUT2D eigenvalue weighted by Gasteiger charge is 2.37. The molecular weight excluding hydrogens is 380 g/mol. The lowest BCUT2D eigenvalue weighted by atomic mass is 9.88. The van der Waals surface area contributed by atoms with Crippen LogP contribution in [0.1, 0.15) is 39.5 Å². The Morgan fingerprint density at radius 1 is 1.18 bits per heavy atom. The molecule has 1 aliphatic rings. The minimum Gasteiger partial charge on any atom is -0.489 e. The van der Waals surface area contributed by atoms with Crippen molar-refractivity contribution in [1.82, 2.24) is 15.0 Å². The molecule has 3 rings (SSSR count). The van der Waals surface area contributed by atoms with Gasteiger partial charge in [-0.25, -0.2) is 23.4 Å². The molecule has 1 N–H and O–H groups in total. The Kier molecular flexibility index (Phi) is 6.23. The van der Waals surface area contributed by atoms with Crippen molar-refractivity contribution < 1.29 is 17.9 Å². The molecule has 0 aliphatic heterocycles. The molecule has 0 radical (unpaired) electrons. The van der Waals surface area contributed by atoms with Gasteiger partial charge in [-0.15, -0.1) is 0 Å². The van der Waals surface area contributed by atoms with Crippen LogP contribution in [0, 0.1) is 5.92 Å². The quantitative estimate of drug-likeness (QED) is 0.737. The fourth-order valence-electron chi connectivity index (χ4n) is 3.27. The largest absolute Gasteiger partial charge is 0.489 e. The smallest absolute Gasteiger partial charge is 0.247 e. The summed E-state index contributed by atoms with van der Waals surface area (Å²) in [5.74, 6) is 0.418. The van der Waals surface area contributed by atoms with Gasteiger partial charge in [-0.3, -0.25) is 4.79 Å². The number of sulfone groups is 1. The van der Waals surface area contributed by atoms with Crippen LogP contribution >= 0.6 is 0 Å². The van der Waals surface area contributed by atoms with Crippen molar-refractivity contribution in [3.63, 3.8) is 0 Å². The van der Waals surface area contributed by atoms with Gasteiger partial charge in [0.05, 0.1) is 17.6 Å². The molecule has 2 heterocycles. The summed E-state index contributed by atoms with van der Waals surface area (Å²) in [6, 6.07) is 4.98. The third-order valence-corrected chi connectivity index (χ3v) is 6.62. The summed E-state index contributed by atoms with van der Waals surface area (Å²) in [6.07, 6.45) is 6.46. The number of ether oxygens (including phenoxy) is 1. The third-order valence-electron chi connectivity index (χ3n) is 4.59. The first kappa shape index (κ1) is 20.2. The van der Waals surface area contributed by atoms with E-state index < -0.39 is 21.0 Å². The van der Waals surface area contributed by atoms with Crippen LogP contribution in [0.2, 0.25) is 0 Å². The van der Waals surface area contributed by atoms with Gasteiger partial charge in [0.2, 0.25) is 20.9 Å². The van der Waals surface area contributed by atoms with Crippen LogP contribution in [0.3, 0.4) is 0 Å². The molecule has 0 aromatic carbocycles. The molecule has 0 spiro atoms. The number of hydrogen-bond acceptors (Lipinski definition) is 7. The highest BCUT2D eigenvalue weighted by atomic mass is 32.2. The van der Waals surface area contributed by atoms with Crippen LogP contribution in [-0.4, -0.2) is 40.6 Å². The maximum atomic E-state index is 12.8. The number of nitrogens with zero attached hydrogens (tertiary/aromatic N) is 3. The predicted molar refractivity (Wildman–Crippen MR) is 104 cm³/mol. The van der Waals surface area contributed by atoms with Gasteiger partial charge in [0.15, 0.2) is 0 Å². The summed E-state index contributed by atoms with van der Waals surface area (Å²) in [5.41, 5.74) is 0. The number of aromatic nitrogens is 3. The molecule has 1 amide bonds. The van der Waals surface area contributed by atoms with E-state index in [4.69, 9.17) is 4.74 Å². The molecule has 0 unspecified atom stereocenters. The standard InChI is InChI=1S/C19H24N4O4S/c1-13(2)27-15-7-8-17(22-12-15)23-18(24)14-5-3-6-16(11-14)28(25,26)19-20-9-4-10-21-19/h4,7-10,12-14,16H,3,5-6,11H2,1-2H3,(H,22,23,24)/t14-,16-/m1/s1. The Bertz CT molecular complexity index is 901. The number of carbonyl (C=O) groups is 1. The van der Waals surface area contributed by atoms with E-state index in [0.29, 0.717) is 30.8 Å². The van der Waals surface area contributed by atoms with Gasteiger partial charge in [0, 0.05) is 18.3 Å². The second-order valence-corrected chi connectivity index (χ2v) is 9.22. The van der Waals surface area contributed by atoms with Crippen molar-refractivity contribution in [2.24, 2.45) is 5.92 Å². The molecule has 28 heavy (non-hydrogen) atoms. The van der Waals surface area contributed by atoms with Crippen molar-refractivity contribution in [3.8, 4) is 5.75 Å². The molecule has 1 fully saturated rings. The Morgan fingerprint density at radius 3 is 2.57 bits per heavy atom. The SMILES string of the molecule is CC(C)Oc1ccc(NC(=O)[C@@H]2CCC[C@@H](S(=O)(=O)c3ncccn3)C2)nc1. The summed E-state index contributed by atoms with van der Waals surface area (Å²) < 4.78 is 31.0. The molecule has 2 aromatic heterocycles. The van der Waals surface area contributed by atoms with Gasteiger partial charge in [-0.05, 0) is 51.3 Å². The van der Waals surface area contributed by atoms with E-state index in [1.165, 1.54) is 12.4 Å². The lowest BCUT2D eigenvalue weighted by Gasteiger charge is -2.27. The maximum absolute atomic E-state index is 12.8. The van der Waals surface area contributed by atoms with Gasteiger partial charge in [-0.1, -0.05) is 6.42 Å². The van der Waals surface area contributed by atoms with Crippen LogP contribution in [0.25, 0.3) is 0 Å². The third kappa shape index (κ3) is 4.83. The van der Waals surface area contributed by atoms with Crippen molar-refractivity contribution in [3.05, 3.63) is 36.8 Å². The van der Waals surface area contributed by atoms with Crippen LogP contribution in [-0.2, 0) is 14.6 Å². The topological polar surface area (TPSA) is 111 Å². The lowest BCUT2D eigenvalue weighted by molar-refractivity contribution is -0.120. The molecule has 1 aliphatic carbocycles. The molecule has 9 heteroatoms. The highest BCUT2D eigenvalue weighted by molar-refractivity contribution is 7.91. The van der Waals surface area contributed by atoms with E-state index in [1.807, 2.05) is 13.8 Å². The van der Waals surface area contributed by atoms with Crippen molar-refractivity contribution >= 4 is 21.6 Å². The number of amides is 1. The second-order valence-electron chi connectivity index (χ2n) is 7.10. The van der Waals surface area contributed by atoms with E-state index >= 15 is 0 Å². The molecule has 1 saturated carbocycles. The summed E-state index contributed by atoms with van der Waals surface area (Å²) in [6.45, 7) is 3.84. The first-order valence-corrected chi connectivity index (χ1v) is 10.9. The molecule has 0 saturated heterocycles. The second kappa shape index (κ2) is 8.64. The Labute approximate surface area is 164 Å². The fourth-order valence-corrected chi connectivity index (χ4v) is 4.95. The maximum Gasteiger partial charge on any atom is 0.247 e. The molecular formula is C19H24N4O4S. The van der Waals surface area contributed by atoms with Gasteiger partial charge in [0.25, 0.3) is 0 Å². The minimum absolute atomic E-state index is 0.0388. The van der Waals surface area contributed by atoms with Gasteiger partial charge in [-0.2, -0.15) is 0 Å². The minimum atomic E-state index is -3.65. The summed E-state index contributed by atoms with van der Waals surface area (Å²) in [5, 5.41) is 1.94. The van der Waals surface area contributed by atoms with Crippen LogP contribution in [0.4, 0.5) is 5.82 Å². The number of carbonyl (C=O) groups excluding carboxylic acids is 1. The molecule has 2 atom stereocenters. The zero-order chi connectivity index (χ0) is 20.1. The number of anilines is 1. The molecule has 2 aromatic rings. The first-order chi connectivity index (χ1) is 13.4. The van der Waals surface area contributed by atoms with E-state index in [9.17, 15) is 13.2 Å². The van der Waals surface area contributed by atoms with Crippen molar-refractivity contribution in [2.45, 2.75) is 56.0 Å². The number of pyridine rings is 1. The van der Waals surface area contributed by atoms with Crippen LogP contribution in [0.15, 0.2) is 41.9 Å². The average molecular weight is 404 g/mol. The summed E-state index contributed by atoms with van der Waals surface area (Å²) >= 11 is 0. The van der Waals surface area contributed by atoms with E-state index in [0.717, 1.165) is 0 Å². The van der Waals surface area contributed by atoms with E-state index in [2.05, 4.69) is 20.3 Å². The number of hydrogen-bond donors (Lipinski definition) is 1. The Morgan fingerprint density at radius 2 is 1.93 bits per heavy atom. The van der Waals surface area contributed by atoms with Crippen LogP contribution in [0.5, 0.6) is 5.75 Å². The number of rotatable bonds is 6. The fraction of sp³-hybridized carbons (Fsp3) is 0.474. The normalized spacial score (nSPS) is 20.0. The van der Waals surface area contributed by atoms with E-state index in [-0.39, 0.29) is 23.6 Å². The molecule has 0 bridgehead atoms. The predicted octanol–water partition coefficient (Wildman–Crippen LogP) is 2.63. The molecule has 150 valence electrons. The van der Waals surface area contributed by atoms with Crippen molar-refractivity contribution in [2.75, 3.05) is 5.32 Å². The summed E-state index contributed by atoms with van der Waals surface area (Å²) in [7, 11) is -3.65. The zero-order valence-electron chi connectivity index (χ0n) is 15.9. The lowest BCUT2D eigenvalue weighted by Crippen LogP contribution is -2.35.